The van der Waals surface area contributed by atoms with Gasteiger partial charge in [0.15, 0.2) is 11.9 Å². The van der Waals surface area contributed by atoms with Crippen LogP contribution >= 0.6 is 0 Å². The molecule has 1 unspecified atom stereocenters. The van der Waals surface area contributed by atoms with Crippen LogP contribution in [-0.4, -0.2) is 34.1 Å². The minimum Gasteiger partial charge on any atom is -0.481 e. The van der Waals surface area contributed by atoms with Gasteiger partial charge >= 0.3 is 5.63 Å². The molecule has 0 radical (unpaired) electrons. The van der Waals surface area contributed by atoms with Crippen LogP contribution < -0.4 is 10.4 Å². The first kappa shape index (κ1) is 17.7. The van der Waals surface area contributed by atoms with E-state index in [0.717, 1.165) is 10.9 Å². The normalized spacial score (nSPS) is 12.2. The number of benzene rings is 1. The fourth-order valence-electron chi connectivity index (χ4n) is 2.62. The minimum absolute atomic E-state index is 0.216. The third-order valence-electron chi connectivity index (χ3n) is 4.25. The molecule has 1 amide bonds. The van der Waals surface area contributed by atoms with E-state index < -0.39 is 6.10 Å². The lowest BCUT2D eigenvalue weighted by atomic mass is 10.1. The molecule has 0 aliphatic carbocycles. The van der Waals surface area contributed by atoms with Crippen LogP contribution in [0.1, 0.15) is 23.9 Å². The summed E-state index contributed by atoms with van der Waals surface area (Å²) < 4.78 is 15.7. The number of aromatic nitrogens is 2. The van der Waals surface area contributed by atoms with Crippen LogP contribution in [0.5, 0.6) is 5.75 Å². The lowest BCUT2D eigenvalue weighted by molar-refractivity contribution is -0.137. The summed E-state index contributed by atoms with van der Waals surface area (Å²) in [5, 5.41) is 4.51. The first-order valence-electron chi connectivity index (χ1n) is 8.07. The number of aryl methyl sites for hydroxylation is 1. The maximum absolute atomic E-state index is 12.4. The molecule has 0 fully saturated rings. The summed E-state index contributed by atoms with van der Waals surface area (Å²) in [6, 6.07) is 5.18. The van der Waals surface area contributed by atoms with Crippen molar-refractivity contribution in [1.29, 1.82) is 0 Å². The topological polar surface area (TPSA) is 98.7 Å². The zero-order valence-electron chi connectivity index (χ0n) is 15.0. The van der Waals surface area contributed by atoms with Gasteiger partial charge in [0.1, 0.15) is 11.3 Å². The molecule has 3 rings (SSSR count). The van der Waals surface area contributed by atoms with E-state index in [2.05, 4.69) is 14.7 Å². The summed E-state index contributed by atoms with van der Waals surface area (Å²) in [7, 11) is 1.63. The Balaban J connectivity index is 1.76. The number of hydrogen-bond donors (Lipinski definition) is 0. The van der Waals surface area contributed by atoms with Gasteiger partial charge in [0, 0.05) is 24.1 Å². The van der Waals surface area contributed by atoms with E-state index in [-0.39, 0.29) is 18.1 Å². The number of amides is 1. The van der Waals surface area contributed by atoms with Crippen molar-refractivity contribution in [2.45, 2.75) is 33.4 Å². The molecule has 0 saturated carbocycles. The lowest BCUT2D eigenvalue weighted by Gasteiger charge is -2.21. The number of nitrogens with zero attached hydrogens (tertiary/aromatic N) is 3. The van der Waals surface area contributed by atoms with E-state index in [1.165, 1.54) is 11.3 Å². The Morgan fingerprint density at radius 3 is 2.77 bits per heavy atom. The van der Waals surface area contributed by atoms with Crippen molar-refractivity contribution in [3.05, 3.63) is 52.0 Å². The number of ether oxygens (including phenoxy) is 1. The van der Waals surface area contributed by atoms with Gasteiger partial charge in [-0.25, -0.2) is 4.79 Å². The second-order valence-electron chi connectivity index (χ2n) is 6.10. The van der Waals surface area contributed by atoms with Gasteiger partial charge in [-0.3, -0.25) is 4.79 Å². The summed E-state index contributed by atoms with van der Waals surface area (Å²) in [6.07, 6.45) is 0.475. The highest BCUT2D eigenvalue weighted by molar-refractivity contribution is 5.83. The predicted molar refractivity (Wildman–Crippen MR) is 92.8 cm³/mol. The van der Waals surface area contributed by atoms with Crippen LogP contribution in [0.25, 0.3) is 11.0 Å². The Kier molecular flexibility index (Phi) is 4.75. The van der Waals surface area contributed by atoms with E-state index in [9.17, 15) is 9.59 Å². The van der Waals surface area contributed by atoms with Gasteiger partial charge in [0.25, 0.3) is 5.91 Å². The molecule has 1 aromatic carbocycles. The highest BCUT2D eigenvalue weighted by Gasteiger charge is 2.21. The molecule has 2 heterocycles. The molecule has 8 heteroatoms. The first-order valence-corrected chi connectivity index (χ1v) is 8.07. The molecule has 1 atom stereocenters. The highest BCUT2D eigenvalue weighted by Crippen LogP contribution is 2.24. The number of likely N-dealkylation sites (N-methyl/N-ethyl adjacent to an activating group) is 1. The van der Waals surface area contributed by atoms with Gasteiger partial charge in [-0.05, 0) is 38.5 Å². The summed E-state index contributed by atoms with van der Waals surface area (Å²) >= 11 is 0. The van der Waals surface area contributed by atoms with E-state index in [1.807, 2.05) is 13.0 Å². The molecule has 3 aromatic rings. The Morgan fingerprint density at radius 2 is 2.08 bits per heavy atom. The molecule has 2 aromatic heterocycles. The quantitative estimate of drug-likeness (QED) is 0.646. The Labute approximate surface area is 149 Å². The number of rotatable bonds is 5. The predicted octanol–water partition coefficient (Wildman–Crippen LogP) is 2.22. The molecule has 8 nitrogen and oxygen atoms in total. The van der Waals surface area contributed by atoms with Crippen molar-refractivity contribution in [2.24, 2.45) is 0 Å². The standard InChI is InChI=1S/C18H19N3O5/c1-10-11(2)18(23)26-15-7-13(5-6-14(10)15)25-12(3)17(22)21(4)8-16-19-9-24-20-16/h5-7,9,12H,8H2,1-4H3. The summed E-state index contributed by atoms with van der Waals surface area (Å²) in [6.45, 7) is 5.46. The van der Waals surface area contributed by atoms with Crippen LogP contribution in [-0.2, 0) is 11.3 Å². The molecule has 0 bridgehead atoms. The molecule has 26 heavy (non-hydrogen) atoms. The van der Waals surface area contributed by atoms with Crippen LogP contribution in [0.2, 0.25) is 0 Å². The Hall–Kier alpha value is -3.16. The number of fused-ring (bicyclic) bond motifs is 1. The molecule has 0 aliphatic heterocycles. The monoisotopic (exact) mass is 357 g/mol. The van der Waals surface area contributed by atoms with Crippen LogP contribution in [0.15, 0.2) is 38.3 Å². The average molecular weight is 357 g/mol. The molecule has 0 aliphatic rings. The van der Waals surface area contributed by atoms with E-state index in [4.69, 9.17) is 9.15 Å². The molecule has 0 N–H and O–H groups in total. The molecular formula is C18H19N3O5. The largest absolute Gasteiger partial charge is 0.481 e. The highest BCUT2D eigenvalue weighted by atomic mass is 16.5. The van der Waals surface area contributed by atoms with Crippen LogP contribution in [0.4, 0.5) is 0 Å². The van der Waals surface area contributed by atoms with Crippen LogP contribution in [0, 0.1) is 13.8 Å². The third-order valence-corrected chi connectivity index (χ3v) is 4.25. The minimum atomic E-state index is -0.734. The Morgan fingerprint density at radius 1 is 1.31 bits per heavy atom. The summed E-state index contributed by atoms with van der Waals surface area (Å²) in [4.78, 5) is 29.6. The average Bonchev–Trinajstić information content (AvgIpc) is 3.11. The van der Waals surface area contributed by atoms with E-state index in [0.29, 0.717) is 22.7 Å². The summed E-state index contributed by atoms with van der Waals surface area (Å²) in [5.74, 6) is 0.612. The van der Waals surface area contributed by atoms with Gasteiger partial charge in [0.2, 0.25) is 6.39 Å². The second-order valence-corrected chi connectivity index (χ2v) is 6.10. The second kappa shape index (κ2) is 6.99. The maximum atomic E-state index is 12.4. The van der Waals surface area contributed by atoms with E-state index >= 15 is 0 Å². The fraction of sp³-hybridized carbons (Fsp3) is 0.333. The van der Waals surface area contributed by atoms with E-state index in [1.54, 1.807) is 33.0 Å². The van der Waals surface area contributed by atoms with Crippen molar-refractivity contribution < 1.29 is 18.5 Å². The van der Waals surface area contributed by atoms with Crippen LogP contribution in [0.3, 0.4) is 0 Å². The molecule has 136 valence electrons. The first-order chi connectivity index (χ1) is 12.4. The smallest absolute Gasteiger partial charge is 0.339 e. The zero-order chi connectivity index (χ0) is 18.8. The van der Waals surface area contributed by atoms with Gasteiger partial charge in [0.05, 0.1) is 6.54 Å². The molecule has 0 spiro atoms. The van der Waals surface area contributed by atoms with Crippen molar-refractivity contribution in [1.82, 2.24) is 15.0 Å². The van der Waals surface area contributed by atoms with Crippen molar-refractivity contribution in [3.8, 4) is 5.75 Å². The fourth-order valence-corrected chi connectivity index (χ4v) is 2.62. The lowest BCUT2D eigenvalue weighted by Crippen LogP contribution is -2.37. The molecule has 0 saturated heterocycles. The SMILES string of the molecule is Cc1c(C)c2ccc(OC(C)C(=O)N(C)Cc3ncon3)cc2oc1=O. The third kappa shape index (κ3) is 3.44. The van der Waals surface area contributed by atoms with Crippen molar-refractivity contribution in [2.75, 3.05) is 7.05 Å². The number of hydrogen-bond acceptors (Lipinski definition) is 7. The summed E-state index contributed by atoms with van der Waals surface area (Å²) in [5.41, 5.74) is 1.50. The molecular weight excluding hydrogens is 338 g/mol. The van der Waals surface area contributed by atoms with Gasteiger partial charge in [-0.2, -0.15) is 4.98 Å². The van der Waals surface area contributed by atoms with Gasteiger partial charge in [-0.15, -0.1) is 0 Å². The zero-order valence-corrected chi connectivity index (χ0v) is 15.0. The van der Waals surface area contributed by atoms with Gasteiger partial charge < -0.3 is 18.6 Å². The Bertz CT molecular complexity index is 994. The van der Waals surface area contributed by atoms with Crippen molar-refractivity contribution >= 4 is 16.9 Å². The van der Waals surface area contributed by atoms with Gasteiger partial charge in [-0.1, -0.05) is 5.16 Å². The maximum Gasteiger partial charge on any atom is 0.339 e. The van der Waals surface area contributed by atoms with Crippen molar-refractivity contribution in [3.63, 3.8) is 0 Å². The number of carbonyl (C=O) groups excluding carboxylic acids is 1. The number of carbonyl (C=O) groups is 1.